The van der Waals surface area contributed by atoms with E-state index < -0.39 is 10.0 Å². The maximum atomic E-state index is 11.9. The van der Waals surface area contributed by atoms with Crippen molar-refractivity contribution >= 4 is 34.8 Å². The zero-order chi connectivity index (χ0) is 18.2. The zero-order valence-electron chi connectivity index (χ0n) is 16.7. The first-order valence-electron chi connectivity index (χ1n) is 9.18. The number of hydrogen-bond acceptors (Lipinski definition) is 4. The van der Waals surface area contributed by atoms with Gasteiger partial charge >= 0.3 is 0 Å². The molecular formula is C19H33Cl2N3O2S. The van der Waals surface area contributed by atoms with Gasteiger partial charge in [-0.3, -0.25) is 4.90 Å². The molecule has 1 aromatic rings. The molecule has 5 nitrogen and oxygen atoms in total. The topological polar surface area (TPSA) is 43.9 Å². The Morgan fingerprint density at radius 1 is 1.11 bits per heavy atom. The summed E-state index contributed by atoms with van der Waals surface area (Å²) in [5, 5.41) is 0. The van der Waals surface area contributed by atoms with Crippen molar-refractivity contribution < 1.29 is 8.42 Å². The predicted molar refractivity (Wildman–Crippen MR) is 117 cm³/mol. The predicted octanol–water partition coefficient (Wildman–Crippen LogP) is 2.65. The van der Waals surface area contributed by atoms with Crippen molar-refractivity contribution in [3.05, 3.63) is 35.4 Å². The third-order valence-corrected chi connectivity index (χ3v) is 7.83. The highest BCUT2D eigenvalue weighted by Gasteiger charge is 2.46. The summed E-state index contributed by atoms with van der Waals surface area (Å²) in [7, 11) is 2.38. The van der Waals surface area contributed by atoms with E-state index in [2.05, 4.69) is 48.0 Å². The second kappa shape index (κ2) is 9.90. The van der Waals surface area contributed by atoms with Crippen LogP contribution in [0.15, 0.2) is 24.3 Å². The number of nitrogens with zero attached hydrogens (tertiary/aromatic N) is 3. The molecule has 1 aromatic carbocycles. The van der Waals surface area contributed by atoms with Gasteiger partial charge in [-0.2, -0.15) is 0 Å². The summed E-state index contributed by atoms with van der Waals surface area (Å²) >= 11 is 0. The van der Waals surface area contributed by atoms with E-state index >= 15 is 0 Å². The highest BCUT2D eigenvalue weighted by atomic mass is 35.5. The second-order valence-corrected chi connectivity index (χ2v) is 10.2. The SMILES string of the molecule is Cc1ccccc1[C@H]1[C@@H]2CN(CCCS(=O)(=O)N(C)C)C[C@@H]2CN1C.Cl.Cl. The first kappa shape index (κ1) is 24.7. The Morgan fingerprint density at radius 3 is 2.41 bits per heavy atom. The molecule has 0 bridgehead atoms. The van der Waals surface area contributed by atoms with Gasteiger partial charge in [-0.05, 0) is 49.9 Å². The van der Waals surface area contributed by atoms with Crippen molar-refractivity contribution in [1.29, 1.82) is 0 Å². The van der Waals surface area contributed by atoms with Crippen molar-refractivity contribution in [1.82, 2.24) is 14.1 Å². The van der Waals surface area contributed by atoms with Crippen LogP contribution in [0.3, 0.4) is 0 Å². The lowest BCUT2D eigenvalue weighted by Crippen LogP contribution is -2.32. The van der Waals surface area contributed by atoms with E-state index in [1.807, 2.05) is 0 Å². The third kappa shape index (κ3) is 5.37. The molecule has 2 fully saturated rings. The molecule has 0 aromatic heterocycles. The third-order valence-electron chi connectivity index (χ3n) is 5.91. The van der Waals surface area contributed by atoms with E-state index in [1.165, 1.54) is 15.4 Å². The summed E-state index contributed by atoms with van der Waals surface area (Å²) < 4.78 is 25.2. The summed E-state index contributed by atoms with van der Waals surface area (Å²) in [4.78, 5) is 4.98. The van der Waals surface area contributed by atoms with Crippen LogP contribution in [-0.4, -0.2) is 75.6 Å². The normalized spacial score (nSPS) is 25.9. The maximum absolute atomic E-state index is 11.9. The Kier molecular flexibility index (Phi) is 9.04. The van der Waals surface area contributed by atoms with Gasteiger partial charge in [0.25, 0.3) is 0 Å². The van der Waals surface area contributed by atoms with Gasteiger partial charge in [0.2, 0.25) is 10.0 Å². The molecule has 0 saturated carbocycles. The number of aryl methyl sites for hydroxylation is 1. The van der Waals surface area contributed by atoms with E-state index in [9.17, 15) is 8.42 Å². The molecule has 3 rings (SSSR count). The number of sulfonamides is 1. The molecule has 2 aliphatic heterocycles. The Bertz CT molecular complexity index is 715. The minimum absolute atomic E-state index is 0. The minimum Gasteiger partial charge on any atom is -0.303 e. The average molecular weight is 438 g/mol. The van der Waals surface area contributed by atoms with Crippen LogP contribution in [0.2, 0.25) is 0 Å². The first-order valence-corrected chi connectivity index (χ1v) is 10.8. The van der Waals surface area contributed by atoms with Crippen LogP contribution in [0.4, 0.5) is 0 Å². The molecule has 0 spiro atoms. The fourth-order valence-electron chi connectivity index (χ4n) is 4.57. The van der Waals surface area contributed by atoms with E-state index in [0.717, 1.165) is 26.2 Å². The maximum Gasteiger partial charge on any atom is 0.213 e. The highest BCUT2D eigenvalue weighted by molar-refractivity contribution is 7.89. The van der Waals surface area contributed by atoms with E-state index in [0.29, 0.717) is 24.3 Å². The van der Waals surface area contributed by atoms with E-state index in [-0.39, 0.29) is 30.6 Å². The van der Waals surface area contributed by atoms with Crippen molar-refractivity contribution in [2.45, 2.75) is 19.4 Å². The molecule has 0 aliphatic carbocycles. The van der Waals surface area contributed by atoms with E-state index in [4.69, 9.17) is 0 Å². The molecular weight excluding hydrogens is 405 g/mol. The molecule has 2 aliphatic rings. The van der Waals surface area contributed by atoms with Crippen molar-refractivity contribution in [3.8, 4) is 0 Å². The molecule has 0 radical (unpaired) electrons. The van der Waals surface area contributed by atoms with Gasteiger partial charge in [0.05, 0.1) is 5.75 Å². The van der Waals surface area contributed by atoms with Gasteiger partial charge in [-0.15, -0.1) is 24.8 Å². The summed E-state index contributed by atoms with van der Waals surface area (Å²) in [5.74, 6) is 1.59. The molecule has 0 unspecified atom stereocenters. The summed E-state index contributed by atoms with van der Waals surface area (Å²) in [6, 6.07) is 9.21. The summed E-state index contributed by atoms with van der Waals surface area (Å²) in [5.41, 5.74) is 2.82. The fraction of sp³-hybridized carbons (Fsp3) is 0.684. The number of fused-ring (bicyclic) bond motifs is 1. The van der Waals surface area contributed by atoms with Crippen LogP contribution in [0.5, 0.6) is 0 Å². The lowest BCUT2D eigenvalue weighted by molar-refractivity contribution is 0.228. The van der Waals surface area contributed by atoms with Gasteiger partial charge in [0.1, 0.15) is 0 Å². The molecule has 27 heavy (non-hydrogen) atoms. The number of benzene rings is 1. The van der Waals surface area contributed by atoms with Crippen LogP contribution in [-0.2, 0) is 10.0 Å². The molecule has 3 atom stereocenters. The molecule has 2 heterocycles. The van der Waals surface area contributed by atoms with Crippen LogP contribution >= 0.6 is 24.8 Å². The quantitative estimate of drug-likeness (QED) is 0.685. The average Bonchev–Trinajstić information content (AvgIpc) is 3.04. The number of rotatable bonds is 6. The van der Waals surface area contributed by atoms with Crippen LogP contribution in [0.25, 0.3) is 0 Å². The van der Waals surface area contributed by atoms with Crippen molar-refractivity contribution in [3.63, 3.8) is 0 Å². The summed E-state index contributed by atoms with van der Waals surface area (Å²) in [6.07, 6.45) is 0.713. The lowest BCUT2D eigenvalue weighted by Gasteiger charge is -2.28. The standard InChI is InChI=1S/C19H31N3O2S.2ClH/c1-15-8-5-6-9-17(15)19-18-14-22(13-16(18)12-21(19)4)10-7-11-25(23,24)20(2)3;;/h5-6,8-9,16,18-19H,7,10-14H2,1-4H3;2*1H/t16-,18+,19-;;/m0../s1. The van der Waals surface area contributed by atoms with Gasteiger partial charge in [0, 0.05) is 39.8 Å². The van der Waals surface area contributed by atoms with Gasteiger partial charge in [-0.1, -0.05) is 24.3 Å². The minimum atomic E-state index is -3.08. The first-order chi connectivity index (χ1) is 11.8. The lowest BCUT2D eigenvalue weighted by atomic mass is 9.88. The number of hydrogen-bond donors (Lipinski definition) is 0. The molecule has 2 saturated heterocycles. The summed E-state index contributed by atoms with van der Waals surface area (Å²) in [6.45, 7) is 6.39. The smallest absolute Gasteiger partial charge is 0.213 e. The van der Waals surface area contributed by atoms with Crippen LogP contribution in [0.1, 0.15) is 23.6 Å². The molecule has 8 heteroatoms. The van der Waals surface area contributed by atoms with Crippen molar-refractivity contribution in [2.75, 3.05) is 53.1 Å². The largest absolute Gasteiger partial charge is 0.303 e. The number of halogens is 2. The van der Waals surface area contributed by atoms with Crippen molar-refractivity contribution in [2.24, 2.45) is 11.8 Å². The highest BCUT2D eigenvalue weighted by Crippen LogP contribution is 2.44. The van der Waals surface area contributed by atoms with Gasteiger partial charge in [0.15, 0.2) is 0 Å². The Balaban J connectivity index is 0.00000182. The molecule has 156 valence electrons. The van der Waals surface area contributed by atoms with Gasteiger partial charge in [-0.25, -0.2) is 12.7 Å². The Labute approximate surface area is 177 Å². The van der Waals surface area contributed by atoms with Crippen LogP contribution in [0, 0.1) is 18.8 Å². The molecule has 0 amide bonds. The van der Waals surface area contributed by atoms with Crippen LogP contribution < -0.4 is 0 Å². The monoisotopic (exact) mass is 437 g/mol. The van der Waals surface area contributed by atoms with E-state index in [1.54, 1.807) is 14.1 Å². The fourth-order valence-corrected chi connectivity index (χ4v) is 5.43. The molecule has 0 N–H and O–H groups in total. The van der Waals surface area contributed by atoms with Gasteiger partial charge < -0.3 is 4.90 Å². The zero-order valence-corrected chi connectivity index (χ0v) is 19.1. The Hall–Kier alpha value is -0.370. The number of likely N-dealkylation sites (tertiary alicyclic amines) is 2. The Morgan fingerprint density at radius 2 is 1.78 bits per heavy atom. The second-order valence-electron chi connectivity index (χ2n) is 7.88.